The summed E-state index contributed by atoms with van der Waals surface area (Å²) in [6, 6.07) is 15.6. The summed E-state index contributed by atoms with van der Waals surface area (Å²) in [6.07, 6.45) is 3.45. The van der Waals surface area contributed by atoms with E-state index in [1.54, 1.807) is 24.5 Å². The van der Waals surface area contributed by atoms with Gasteiger partial charge in [0.2, 0.25) is 0 Å². The van der Waals surface area contributed by atoms with E-state index >= 15 is 0 Å². The van der Waals surface area contributed by atoms with Gasteiger partial charge in [0.25, 0.3) is 0 Å². The number of hydrogen-bond donors (Lipinski definition) is 0. The Hall–Kier alpha value is -2.39. The summed E-state index contributed by atoms with van der Waals surface area (Å²) in [5.74, 6) is 0.838. The highest BCUT2D eigenvalue weighted by atomic mass is 32.1. The van der Waals surface area contributed by atoms with Gasteiger partial charge in [0.15, 0.2) is 5.78 Å². The lowest BCUT2D eigenvalue weighted by atomic mass is 10.1. The summed E-state index contributed by atoms with van der Waals surface area (Å²) in [5, 5.41) is 2.94. The van der Waals surface area contributed by atoms with Crippen molar-refractivity contribution in [3.63, 3.8) is 0 Å². The molecule has 3 rings (SSSR count). The Balaban J connectivity index is 1.83. The van der Waals surface area contributed by atoms with Gasteiger partial charge in [-0.15, -0.1) is 11.3 Å². The van der Waals surface area contributed by atoms with Crippen LogP contribution in [0.4, 0.5) is 0 Å². The fourth-order valence-corrected chi connectivity index (χ4v) is 3.10. The Morgan fingerprint density at radius 2 is 1.86 bits per heavy atom. The van der Waals surface area contributed by atoms with E-state index in [2.05, 4.69) is 0 Å². The number of ketones is 1. The molecular formula is C18H14O2S. The smallest absolute Gasteiger partial charge is 0.187 e. The van der Waals surface area contributed by atoms with Crippen LogP contribution in [-0.2, 0) is 0 Å². The minimum Gasteiger partial charge on any atom is -0.497 e. The molecule has 0 saturated heterocycles. The van der Waals surface area contributed by atoms with E-state index in [1.165, 1.54) is 0 Å². The van der Waals surface area contributed by atoms with Crippen LogP contribution in [-0.4, -0.2) is 12.9 Å². The number of fused-ring (bicyclic) bond motifs is 1. The summed E-state index contributed by atoms with van der Waals surface area (Å²) in [4.78, 5) is 12.3. The van der Waals surface area contributed by atoms with Gasteiger partial charge in [-0.1, -0.05) is 36.4 Å². The molecule has 21 heavy (non-hydrogen) atoms. The number of ether oxygens (including phenoxy) is 1. The number of benzene rings is 2. The normalized spacial score (nSPS) is 11.1. The molecule has 1 aromatic heterocycles. The Morgan fingerprint density at radius 1 is 1.10 bits per heavy atom. The van der Waals surface area contributed by atoms with E-state index in [-0.39, 0.29) is 5.78 Å². The van der Waals surface area contributed by atoms with Gasteiger partial charge >= 0.3 is 0 Å². The first-order chi connectivity index (χ1) is 10.3. The monoisotopic (exact) mass is 294 g/mol. The average Bonchev–Trinajstić information content (AvgIpc) is 2.97. The molecule has 0 aliphatic heterocycles. The Bertz CT molecular complexity index is 797. The van der Waals surface area contributed by atoms with Crippen LogP contribution in [0.1, 0.15) is 15.9 Å². The molecule has 0 N–H and O–H groups in total. The van der Waals surface area contributed by atoms with Gasteiger partial charge in [0, 0.05) is 21.0 Å². The number of hydrogen-bond acceptors (Lipinski definition) is 3. The summed E-state index contributed by atoms with van der Waals surface area (Å²) >= 11 is 1.60. The molecule has 2 aromatic carbocycles. The highest BCUT2D eigenvalue weighted by Gasteiger charge is 2.08. The molecule has 3 heteroatoms. The van der Waals surface area contributed by atoms with E-state index in [4.69, 9.17) is 4.74 Å². The Morgan fingerprint density at radius 3 is 2.62 bits per heavy atom. The van der Waals surface area contributed by atoms with Crippen molar-refractivity contribution in [2.45, 2.75) is 0 Å². The third kappa shape index (κ3) is 2.88. The molecule has 0 amide bonds. The van der Waals surface area contributed by atoms with Gasteiger partial charge in [-0.05, 0) is 29.8 Å². The minimum absolute atomic E-state index is 0.0308. The fraction of sp³-hybridized carbons (Fsp3) is 0.0556. The molecule has 0 bridgehead atoms. The second kappa shape index (κ2) is 5.94. The van der Waals surface area contributed by atoms with Gasteiger partial charge in [-0.25, -0.2) is 0 Å². The predicted octanol–water partition coefficient (Wildman–Crippen LogP) is 4.81. The van der Waals surface area contributed by atoms with E-state index in [0.29, 0.717) is 0 Å². The molecule has 3 aromatic rings. The summed E-state index contributed by atoms with van der Waals surface area (Å²) in [6.45, 7) is 0. The predicted molar refractivity (Wildman–Crippen MR) is 88.2 cm³/mol. The zero-order valence-corrected chi connectivity index (χ0v) is 12.4. The maximum atomic E-state index is 12.3. The number of allylic oxidation sites excluding steroid dienone is 1. The van der Waals surface area contributed by atoms with E-state index in [9.17, 15) is 4.79 Å². The lowest BCUT2D eigenvalue weighted by Gasteiger charge is -1.99. The van der Waals surface area contributed by atoms with Crippen molar-refractivity contribution in [3.8, 4) is 5.75 Å². The van der Waals surface area contributed by atoms with Crippen LogP contribution in [0, 0.1) is 0 Å². The molecule has 0 saturated carbocycles. The van der Waals surface area contributed by atoms with Crippen LogP contribution in [0.3, 0.4) is 0 Å². The number of methoxy groups -OCH3 is 1. The third-order valence-electron chi connectivity index (χ3n) is 3.29. The van der Waals surface area contributed by atoms with Crippen LogP contribution in [0.15, 0.2) is 60.0 Å². The fourth-order valence-electron chi connectivity index (χ4n) is 2.15. The largest absolute Gasteiger partial charge is 0.497 e. The topological polar surface area (TPSA) is 26.3 Å². The van der Waals surface area contributed by atoms with Gasteiger partial charge in [-0.3, -0.25) is 4.79 Å². The Labute approximate surface area is 127 Å². The number of carbonyl (C=O) groups excluding carboxylic acids is 1. The van der Waals surface area contributed by atoms with Crippen LogP contribution < -0.4 is 4.74 Å². The summed E-state index contributed by atoms with van der Waals surface area (Å²) in [5.41, 5.74) is 1.74. The number of thiophene rings is 1. The molecule has 0 atom stereocenters. The van der Waals surface area contributed by atoms with Crippen LogP contribution in [0.5, 0.6) is 5.75 Å². The average molecular weight is 294 g/mol. The standard InChI is InChI=1S/C18H14O2S/c1-20-14-9-6-13(7-10-14)8-11-17(19)16-12-21-18-5-3-2-4-15(16)18/h2-12H,1H3/b11-8+. The highest BCUT2D eigenvalue weighted by molar-refractivity contribution is 7.17. The quantitative estimate of drug-likeness (QED) is 0.510. The molecule has 0 spiro atoms. The van der Waals surface area contributed by atoms with Gasteiger partial charge in [-0.2, -0.15) is 0 Å². The first-order valence-electron chi connectivity index (χ1n) is 6.60. The second-order valence-electron chi connectivity index (χ2n) is 4.62. The van der Waals surface area contributed by atoms with Crippen molar-refractivity contribution in [2.24, 2.45) is 0 Å². The zero-order chi connectivity index (χ0) is 14.7. The maximum absolute atomic E-state index is 12.3. The third-order valence-corrected chi connectivity index (χ3v) is 4.25. The van der Waals surface area contributed by atoms with Crippen LogP contribution in [0.2, 0.25) is 0 Å². The van der Waals surface area contributed by atoms with Crippen molar-refractivity contribution in [3.05, 3.63) is 71.1 Å². The van der Waals surface area contributed by atoms with E-state index in [0.717, 1.165) is 27.0 Å². The Kier molecular flexibility index (Phi) is 3.84. The number of rotatable bonds is 4. The molecule has 0 radical (unpaired) electrons. The van der Waals surface area contributed by atoms with Gasteiger partial charge in [0.05, 0.1) is 7.11 Å². The van der Waals surface area contributed by atoms with Crippen molar-refractivity contribution in [1.29, 1.82) is 0 Å². The van der Waals surface area contributed by atoms with Crippen molar-refractivity contribution in [1.82, 2.24) is 0 Å². The summed E-state index contributed by atoms with van der Waals surface area (Å²) in [7, 11) is 1.63. The zero-order valence-electron chi connectivity index (χ0n) is 11.6. The maximum Gasteiger partial charge on any atom is 0.187 e. The second-order valence-corrected chi connectivity index (χ2v) is 5.53. The molecule has 0 aliphatic carbocycles. The lowest BCUT2D eigenvalue weighted by Crippen LogP contribution is -1.91. The van der Waals surface area contributed by atoms with Gasteiger partial charge < -0.3 is 4.74 Å². The highest BCUT2D eigenvalue weighted by Crippen LogP contribution is 2.26. The van der Waals surface area contributed by atoms with Crippen molar-refractivity contribution >= 4 is 33.3 Å². The minimum atomic E-state index is 0.0308. The molecular weight excluding hydrogens is 280 g/mol. The molecule has 104 valence electrons. The SMILES string of the molecule is COc1ccc(/C=C/C(=O)c2csc3ccccc23)cc1. The van der Waals surface area contributed by atoms with Crippen molar-refractivity contribution < 1.29 is 9.53 Å². The molecule has 1 heterocycles. The lowest BCUT2D eigenvalue weighted by molar-refractivity contribution is 0.104. The van der Waals surface area contributed by atoms with Crippen LogP contribution in [0.25, 0.3) is 16.2 Å². The van der Waals surface area contributed by atoms with Crippen molar-refractivity contribution in [2.75, 3.05) is 7.11 Å². The van der Waals surface area contributed by atoms with E-state index in [1.807, 2.05) is 60.0 Å². The molecule has 2 nitrogen and oxygen atoms in total. The first-order valence-corrected chi connectivity index (χ1v) is 7.48. The number of carbonyl (C=O) groups is 1. The molecule has 0 aliphatic rings. The molecule has 0 fully saturated rings. The van der Waals surface area contributed by atoms with E-state index < -0.39 is 0 Å². The molecule has 0 unspecified atom stereocenters. The van der Waals surface area contributed by atoms with Gasteiger partial charge in [0.1, 0.15) is 5.75 Å². The first kappa shape index (κ1) is 13.6. The summed E-state index contributed by atoms with van der Waals surface area (Å²) < 4.78 is 6.25. The van der Waals surface area contributed by atoms with Crippen LogP contribution >= 0.6 is 11.3 Å².